The van der Waals surface area contributed by atoms with Gasteiger partial charge in [0.05, 0.1) is 27.5 Å². The molecule has 1 aliphatic heterocycles. The summed E-state index contributed by atoms with van der Waals surface area (Å²) in [5.74, 6) is -1.60. The second kappa shape index (κ2) is 9.38. The molecule has 1 saturated heterocycles. The van der Waals surface area contributed by atoms with Gasteiger partial charge in [-0.15, -0.1) is 0 Å². The number of rotatable bonds is 7. The van der Waals surface area contributed by atoms with Gasteiger partial charge in [0.25, 0.3) is 5.56 Å². The summed E-state index contributed by atoms with van der Waals surface area (Å²) in [7, 11) is 4.08. The van der Waals surface area contributed by atoms with Crippen LogP contribution in [-0.2, 0) is 9.47 Å². The third-order valence-corrected chi connectivity index (χ3v) is 4.83. The van der Waals surface area contributed by atoms with Crippen LogP contribution in [0.15, 0.2) is 27.9 Å². The van der Waals surface area contributed by atoms with Crippen molar-refractivity contribution in [3.8, 4) is 17.2 Å². The number of hydrogen-bond acceptors (Lipinski definition) is 10. The molecule has 174 valence electrons. The minimum Gasteiger partial charge on any atom is -0.496 e. The summed E-state index contributed by atoms with van der Waals surface area (Å²) in [5.41, 5.74) is -2.36. The van der Waals surface area contributed by atoms with Crippen molar-refractivity contribution in [2.45, 2.75) is 24.5 Å². The largest absolute Gasteiger partial charge is 0.496 e. The number of aromatic nitrogens is 2. The minimum atomic E-state index is -1.67. The number of aliphatic hydroxyl groups is 2. The third kappa shape index (κ3) is 4.30. The number of halogens is 1. The summed E-state index contributed by atoms with van der Waals surface area (Å²) in [6, 6.07) is 2.88. The normalized spacial score (nSPS) is 22.4. The van der Waals surface area contributed by atoms with Crippen molar-refractivity contribution in [1.82, 2.24) is 9.55 Å². The Balaban J connectivity index is 1.78. The van der Waals surface area contributed by atoms with Gasteiger partial charge in [-0.3, -0.25) is 14.3 Å². The molecule has 1 aromatic heterocycles. The molecule has 0 radical (unpaired) electrons. The lowest BCUT2D eigenvalue weighted by Gasteiger charge is -2.17. The fraction of sp³-hybridized carbons (Fsp3) is 0.421. The van der Waals surface area contributed by atoms with Crippen LogP contribution in [0.5, 0.6) is 17.2 Å². The molecular formula is C19H21FN2O10. The summed E-state index contributed by atoms with van der Waals surface area (Å²) in [6.07, 6.45) is -5.52. The van der Waals surface area contributed by atoms with Crippen LogP contribution in [0.2, 0.25) is 0 Å². The number of aromatic amines is 1. The van der Waals surface area contributed by atoms with Crippen LogP contribution < -0.4 is 25.5 Å². The summed E-state index contributed by atoms with van der Waals surface area (Å²) in [6.45, 7) is -0.535. The Bertz CT molecular complexity index is 1090. The highest BCUT2D eigenvalue weighted by molar-refractivity contribution is 5.96. The highest BCUT2D eigenvalue weighted by Crippen LogP contribution is 2.35. The number of nitrogens with one attached hydrogen (secondary N) is 1. The van der Waals surface area contributed by atoms with Crippen molar-refractivity contribution in [2.75, 3.05) is 27.9 Å². The van der Waals surface area contributed by atoms with Crippen molar-refractivity contribution >= 4 is 5.97 Å². The van der Waals surface area contributed by atoms with Crippen LogP contribution in [0.25, 0.3) is 0 Å². The van der Waals surface area contributed by atoms with Gasteiger partial charge in [0.2, 0.25) is 5.82 Å². The van der Waals surface area contributed by atoms with Gasteiger partial charge in [0, 0.05) is 12.1 Å². The van der Waals surface area contributed by atoms with E-state index in [0.29, 0.717) is 16.5 Å². The number of carbonyl (C=O) groups is 1. The molecule has 1 fully saturated rings. The van der Waals surface area contributed by atoms with Crippen LogP contribution in [0.4, 0.5) is 4.39 Å². The van der Waals surface area contributed by atoms with Crippen molar-refractivity contribution in [3.63, 3.8) is 0 Å². The summed E-state index contributed by atoms with van der Waals surface area (Å²) >= 11 is 0. The SMILES string of the molecule is COc1cc(OC)c(C(=O)OC[C@@H]2O[C@H](n3cc(F)c(=O)[nH]c3=O)C(O)C2O)c(OC)c1. The van der Waals surface area contributed by atoms with Crippen molar-refractivity contribution in [3.05, 3.63) is 50.5 Å². The quantitative estimate of drug-likeness (QED) is 0.449. The van der Waals surface area contributed by atoms with Gasteiger partial charge >= 0.3 is 11.7 Å². The van der Waals surface area contributed by atoms with Gasteiger partial charge < -0.3 is 33.9 Å². The number of esters is 1. The van der Waals surface area contributed by atoms with E-state index < -0.39 is 54.2 Å². The third-order valence-electron chi connectivity index (χ3n) is 4.83. The Morgan fingerprint density at radius 3 is 2.31 bits per heavy atom. The first-order valence-corrected chi connectivity index (χ1v) is 9.21. The number of benzene rings is 1. The molecule has 0 saturated carbocycles. The molecule has 1 aromatic carbocycles. The van der Waals surface area contributed by atoms with E-state index in [1.54, 1.807) is 4.98 Å². The fourth-order valence-corrected chi connectivity index (χ4v) is 3.18. The first-order valence-electron chi connectivity index (χ1n) is 9.21. The number of H-pyrrole nitrogens is 1. The van der Waals surface area contributed by atoms with E-state index in [9.17, 15) is 29.0 Å². The molecule has 12 nitrogen and oxygen atoms in total. The molecule has 4 atom stereocenters. The number of carbonyl (C=O) groups excluding carboxylic acids is 1. The highest BCUT2D eigenvalue weighted by Gasteiger charge is 2.45. The number of nitrogens with zero attached hydrogens (tertiary/aromatic N) is 1. The van der Waals surface area contributed by atoms with Crippen LogP contribution in [0.1, 0.15) is 16.6 Å². The van der Waals surface area contributed by atoms with Crippen molar-refractivity contribution in [1.29, 1.82) is 0 Å². The average molecular weight is 456 g/mol. The van der Waals surface area contributed by atoms with Gasteiger partial charge in [0.15, 0.2) is 6.23 Å². The van der Waals surface area contributed by atoms with Gasteiger partial charge in [-0.05, 0) is 0 Å². The van der Waals surface area contributed by atoms with E-state index in [0.717, 1.165) is 0 Å². The maximum atomic E-state index is 13.6. The fourth-order valence-electron chi connectivity index (χ4n) is 3.18. The zero-order valence-electron chi connectivity index (χ0n) is 17.2. The van der Waals surface area contributed by atoms with Crippen LogP contribution in [-0.4, -0.2) is 72.0 Å². The number of hydrogen-bond donors (Lipinski definition) is 3. The molecule has 2 heterocycles. The van der Waals surface area contributed by atoms with E-state index in [1.165, 1.54) is 33.5 Å². The number of ether oxygens (including phenoxy) is 5. The first-order chi connectivity index (χ1) is 15.2. The summed E-state index contributed by atoms with van der Waals surface area (Å²) < 4.78 is 40.2. The molecule has 2 aromatic rings. The molecule has 0 bridgehead atoms. The van der Waals surface area contributed by atoms with Crippen molar-refractivity contribution in [2.24, 2.45) is 0 Å². The van der Waals surface area contributed by atoms with Crippen LogP contribution in [0.3, 0.4) is 0 Å². The molecular weight excluding hydrogens is 435 g/mol. The van der Waals surface area contributed by atoms with E-state index >= 15 is 0 Å². The van der Waals surface area contributed by atoms with E-state index in [4.69, 9.17) is 23.7 Å². The summed E-state index contributed by atoms with van der Waals surface area (Å²) in [4.78, 5) is 37.5. The first kappa shape index (κ1) is 23.2. The van der Waals surface area contributed by atoms with Gasteiger partial charge in [-0.25, -0.2) is 9.59 Å². The van der Waals surface area contributed by atoms with Crippen molar-refractivity contribution < 1.29 is 43.1 Å². The summed E-state index contributed by atoms with van der Waals surface area (Å²) in [5, 5.41) is 20.5. The molecule has 1 aliphatic rings. The molecule has 0 spiro atoms. The lowest BCUT2D eigenvalue weighted by atomic mass is 10.1. The smallest absolute Gasteiger partial charge is 0.345 e. The average Bonchev–Trinajstić information content (AvgIpc) is 3.07. The monoisotopic (exact) mass is 456 g/mol. The maximum absolute atomic E-state index is 13.6. The minimum absolute atomic E-state index is 0.0562. The predicted octanol–water partition coefficient (Wildman–Crippen LogP) is -0.822. The molecule has 0 aliphatic carbocycles. The second-order valence-electron chi connectivity index (χ2n) is 6.70. The van der Waals surface area contributed by atoms with E-state index in [1.807, 2.05) is 0 Å². The van der Waals surface area contributed by atoms with Gasteiger partial charge in [-0.2, -0.15) is 4.39 Å². The Morgan fingerprint density at radius 2 is 1.75 bits per heavy atom. The molecule has 0 amide bonds. The Labute approximate surface area is 179 Å². The standard InChI is InChI=1S/C19H21FN2O10/c1-28-8-4-10(29-2)13(11(5-8)30-3)18(26)31-7-12-14(23)15(24)17(32-12)22-6-9(20)16(25)21-19(22)27/h4-6,12,14-15,17,23-24H,7H2,1-3H3,(H,21,25,27)/t12-,14?,15?,17-/m0/s1. The molecule has 2 unspecified atom stereocenters. The lowest BCUT2D eigenvalue weighted by Crippen LogP contribution is -2.38. The Morgan fingerprint density at radius 1 is 1.12 bits per heavy atom. The zero-order valence-corrected chi connectivity index (χ0v) is 17.2. The number of methoxy groups -OCH3 is 3. The predicted molar refractivity (Wildman–Crippen MR) is 104 cm³/mol. The van der Waals surface area contributed by atoms with E-state index in [-0.39, 0.29) is 17.1 Å². The Hall–Kier alpha value is -3.42. The van der Waals surface area contributed by atoms with E-state index in [2.05, 4.69) is 0 Å². The number of aliphatic hydroxyl groups excluding tert-OH is 2. The van der Waals surface area contributed by atoms with Crippen LogP contribution in [0, 0.1) is 5.82 Å². The molecule has 32 heavy (non-hydrogen) atoms. The topological polar surface area (TPSA) is 159 Å². The molecule has 3 N–H and O–H groups in total. The zero-order chi connectivity index (χ0) is 23.6. The molecule has 13 heteroatoms. The second-order valence-corrected chi connectivity index (χ2v) is 6.70. The van der Waals surface area contributed by atoms with Gasteiger partial charge in [-0.1, -0.05) is 0 Å². The highest BCUT2D eigenvalue weighted by atomic mass is 19.1. The maximum Gasteiger partial charge on any atom is 0.345 e. The Kier molecular flexibility index (Phi) is 6.81. The van der Waals surface area contributed by atoms with Gasteiger partial charge in [0.1, 0.15) is 47.7 Å². The lowest BCUT2D eigenvalue weighted by molar-refractivity contribution is -0.0603. The van der Waals surface area contributed by atoms with Crippen LogP contribution >= 0.6 is 0 Å². The molecule has 3 rings (SSSR count).